The number of nitrogens with zero attached hydrogens (tertiary/aromatic N) is 3. The van der Waals surface area contributed by atoms with Crippen LogP contribution in [0.5, 0.6) is 0 Å². The number of aromatic nitrogens is 2. The normalized spacial score (nSPS) is 11.8. The lowest BCUT2D eigenvalue weighted by Gasteiger charge is -2.09. The Hall–Kier alpha value is -2.41. The van der Waals surface area contributed by atoms with Crippen molar-refractivity contribution >= 4 is 5.84 Å². The van der Waals surface area contributed by atoms with Crippen LogP contribution in [0.1, 0.15) is 16.8 Å². The molecular formula is C13H16FN5O. The van der Waals surface area contributed by atoms with E-state index in [1.54, 1.807) is 23.0 Å². The fraction of sp³-hybridized carbons (Fsp3) is 0.231. The van der Waals surface area contributed by atoms with Gasteiger partial charge in [-0.1, -0.05) is 17.3 Å². The Balaban J connectivity index is 2.05. The monoisotopic (exact) mass is 277 g/mol. The van der Waals surface area contributed by atoms with Gasteiger partial charge in [0.05, 0.1) is 11.3 Å². The van der Waals surface area contributed by atoms with Gasteiger partial charge in [0.2, 0.25) is 0 Å². The van der Waals surface area contributed by atoms with E-state index >= 15 is 0 Å². The highest BCUT2D eigenvalue weighted by atomic mass is 19.1. The minimum absolute atomic E-state index is 0.0901. The van der Waals surface area contributed by atoms with Gasteiger partial charge in [0.15, 0.2) is 5.84 Å². The smallest absolute Gasteiger partial charge is 0.173 e. The molecule has 0 unspecified atom stereocenters. The van der Waals surface area contributed by atoms with Crippen LogP contribution in [-0.2, 0) is 20.1 Å². The van der Waals surface area contributed by atoms with Crippen molar-refractivity contribution in [1.29, 1.82) is 0 Å². The number of nitrogens with two attached hydrogens (primary N) is 1. The second-order valence-electron chi connectivity index (χ2n) is 4.31. The summed E-state index contributed by atoms with van der Waals surface area (Å²) in [5, 5.41) is 18.6. The zero-order valence-corrected chi connectivity index (χ0v) is 11.0. The molecule has 0 saturated carbocycles. The highest BCUT2D eigenvalue weighted by Crippen LogP contribution is 2.13. The third-order valence-corrected chi connectivity index (χ3v) is 3.01. The van der Waals surface area contributed by atoms with Crippen molar-refractivity contribution in [3.05, 3.63) is 53.1 Å². The van der Waals surface area contributed by atoms with Gasteiger partial charge in [-0.2, -0.15) is 5.10 Å². The van der Waals surface area contributed by atoms with E-state index in [0.717, 1.165) is 5.69 Å². The van der Waals surface area contributed by atoms with Crippen LogP contribution in [0.3, 0.4) is 0 Å². The van der Waals surface area contributed by atoms with Gasteiger partial charge < -0.3 is 16.3 Å². The third-order valence-electron chi connectivity index (χ3n) is 3.01. The molecule has 2 rings (SSSR count). The van der Waals surface area contributed by atoms with E-state index in [4.69, 9.17) is 10.9 Å². The molecule has 0 fully saturated rings. The second kappa shape index (κ2) is 6.16. The van der Waals surface area contributed by atoms with Crippen LogP contribution in [0.4, 0.5) is 4.39 Å². The summed E-state index contributed by atoms with van der Waals surface area (Å²) in [6.07, 6.45) is 1.70. The molecule has 2 aromatic rings. The lowest BCUT2D eigenvalue weighted by Crippen LogP contribution is -2.19. The lowest BCUT2D eigenvalue weighted by atomic mass is 10.1. The predicted molar refractivity (Wildman–Crippen MR) is 72.7 cm³/mol. The van der Waals surface area contributed by atoms with E-state index in [1.807, 2.05) is 13.1 Å². The highest BCUT2D eigenvalue weighted by Gasteiger charge is 2.11. The van der Waals surface area contributed by atoms with Crippen LogP contribution in [-0.4, -0.2) is 20.8 Å². The Morgan fingerprint density at radius 2 is 2.25 bits per heavy atom. The van der Waals surface area contributed by atoms with Gasteiger partial charge in [0.1, 0.15) is 5.82 Å². The molecule has 0 amide bonds. The maximum Gasteiger partial charge on any atom is 0.173 e. The Labute approximate surface area is 115 Å². The van der Waals surface area contributed by atoms with Gasteiger partial charge in [0.25, 0.3) is 0 Å². The summed E-state index contributed by atoms with van der Waals surface area (Å²) in [4.78, 5) is 0. The summed E-state index contributed by atoms with van der Waals surface area (Å²) < 4.78 is 15.9. The molecular weight excluding hydrogens is 261 g/mol. The molecule has 0 saturated heterocycles. The zero-order valence-electron chi connectivity index (χ0n) is 11.0. The molecule has 1 heterocycles. The molecule has 4 N–H and O–H groups in total. The second-order valence-corrected chi connectivity index (χ2v) is 4.31. The Kier molecular flexibility index (Phi) is 4.31. The van der Waals surface area contributed by atoms with Gasteiger partial charge >= 0.3 is 0 Å². The number of halogens is 1. The fourth-order valence-corrected chi connectivity index (χ4v) is 1.87. The third kappa shape index (κ3) is 2.94. The van der Waals surface area contributed by atoms with Crippen molar-refractivity contribution in [2.45, 2.75) is 13.1 Å². The predicted octanol–water partition coefficient (Wildman–Crippen LogP) is 0.944. The van der Waals surface area contributed by atoms with E-state index < -0.39 is 5.82 Å². The molecule has 20 heavy (non-hydrogen) atoms. The van der Waals surface area contributed by atoms with Gasteiger partial charge in [-0.3, -0.25) is 4.68 Å². The van der Waals surface area contributed by atoms with Crippen LogP contribution >= 0.6 is 0 Å². The molecule has 6 nitrogen and oxygen atoms in total. The number of oxime groups is 1. The summed E-state index contributed by atoms with van der Waals surface area (Å²) in [5.74, 6) is -0.726. The maximum absolute atomic E-state index is 14.1. The van der Waals surface area contributed by atoms with Crippen molar-refractivity contribution in [3.63, 3.8) is 0 Å². The van der Waals surface area contributed by atoms with E-state index in [9.17, 15) is 4.39 Å². The summed E-state index contributed by atoms with van der Waals surface area (Å²) in [5.41, 5.74) is 6.96. The molecule has 0 bridgehead atoms. The van der Waals surface area contributed by atoms with Gasteiger partial charge in [-0.15, -0.1) is 0 Å². The average Bonchev–Trinajstić information content (AvgIpc) is 2.85. The summed E-state index contributed by atoms with van der Waals surface area (Å²) in [6, 6.07) is 6.67. The first-order valence-corrected chi connectivity index (χ1v) is 6.06. The van der Waals surface area contributed by atoms with Gasteiger partial charge in [0, 0.05) is 31.9 Å². The number of rotatable bonds is 5. The molecule has 7 heteroatoms. The average molecular weight is 277 g/mol. The first-order valence-electron chi connectivity index (χ1n) is 6.06. The SMILES string of the molecule is Cn1nccc1CNCc1cccc(/C(N)=N/O)c1F. The van der Waals surface area contributed by atoms with E-state index in [0.29, 0.717) is 18.7 Å². The highest BCUT2D eigenvalue weighted by molar-refractivity contribution is 5.97. The first-order chi connectivity index (χ1) is 9.63. The minimum Gasteiger partial charge on any atom is -0.409 e. The van der Waals surface area contributed by atoms with Crippen LogP contribution in [0.2, 0.25) is 0 Å². The summed E-state index contributed by atoms with van der Waals surface area (Å²) in [6.45, 7) is 0.910. The molecule has 1 aromatic carbocycles. The summed E-state index contributed by atoms with van der Waals surface area (Å²) in [7, 11) is 1.84. The van der Waals surface area contributed by atoms with Gasteiger partial charge in [-0.25, -0.2) is 4.39 Å². The fourth-order valence-electron chi connectivity index (χ4n) is 1.87. The van der Waals surface area contributed by atoms with Crippen LogP contribution in [0, 0.1) is 5.82 Å². The number of amidine groups is 1. The van der Waals surface area contributed by atoms with Crippen LogP contribution in [0.25, 0.3) is 0 Å². The number of nitrogens with one attached hydrogen (secondary N) is 1. The van der Waals surface area contributed by atoms with Crippen molar-refractivity contribution in [3.8, 4) is 0 Å². The van der Waals surface area contributed by atoms with Crippen molar-refractivity contribution < 1.29 is 9.60 Å². The Morgan fingerprint density at radius 3 is 2.90 bits per heavy atom. The molecule has 0 atom stereocenters. The minimum atomic E-state index is -0.486. The van der Waals surface area contributed by atoms with Crippen molar-refractivity contribution in [2.24, 2.45) is 17.9 Å². The standard InChI is InChI=1S/C13H16FN5O/c1-19-10(5-6-17-19)8-16-7-9-3-2-4-11(12(9)14)13(15)18-20/h2-6,16,20H,7-8H2,1H3,(H2,15,18). The number of benzene rings is 1. The molecule has 0 aliphatic heterocycles. The molecule has 0 aliphatic carbocycles. The number of hydrogen-bond acceptors (Lipinski definition) is 4. The van der Waals surface area contributed by atoms with Crippen molar-refractivity contribution in [1.82, 2.24) is 15.1 Å². The van der Waals surface area contributed by atoms with Crippen LogP contribution < -0.4 is 11.1 Å². The zero-order chi connectivity index (χ0) is 14.5. The largest absolute Gasteiger partial charge is 0.409 e. The molecule has 1 aromatic heterocycles. The summed E-state index contributed by atoms with van der Waals surface area (Å²) >= 11 is 0. The molecule has 106 valence electrons. The van der Waals surface area contributed by atoms with E-state index in [2.05, 4.69) is 15.6 Å². The number of aryl methyl sites for hydroxylation is 1. The quantitative estimate of drug-likeness (QED) is 0.328. The number of hydrogen-bond donors (Lipinski definition) is 3. The lowest BCUT2D eigenvalue weighted by molar-refractivity contribution is 0.318. The van der Waals surface area contributed by atoms with Crippen LogP contribution in [0.15, 0.2) is 35.6 Å². The van der Waals surface area contributed by atoms with E-state index in [1.165, 1.54) is 6.07 Å². The Morgan fingerprint density at radius 1 is 1.45 bits per heavy atom. The Bertz CT molecular complexity index is 623. The molecule has 0 aliphatic rings. The van der Waals surface area contributed by atoms with Crippen molar-refractivity contribution in [2.75, 3.05) is 0 Å². The van der Waals surface area contributed by atoms with Gasteiger partial charge in [-0.05, 0) is 12.1 Å². The molecule has 0 spiro atoms. The topological polar surface area (TPSA) is 88.5 Å². The first kappa shape index (κ1) is 14.0. The maximum atomic E-state index is 14.1. The van der Waals surface area contributed by atoms with E-state index in [-0.39, 0.29) is 11.4 Å². The molecule has 0 radical (unpaired) electrons.